The number of nitrogens with zero attached hydrogens (tertiary/aromatic N) is 2. The van der Waals surface area contributed by atoms with Crippen molar-refractivity contribution in [3.8, 4) is 11.4 Å². The number of rotatable bonds is 3. The van der Waals surface area contributed by atoms with Gasteiger partial charge in [0.25, 0.3) is 0 Å². The Balaban J connectivity index is 2.51. The van der Waals surface area contributed by atoms with Gasteiger partial charge >= 0.3 is 0 Å². The minimum absolute atomic E-state index is 0.313. The van der Waals surface area contributed by atoms with Gasteiger partial charge in [0.2, 0.25) is 0 Å². The third kappa shape index (κ3) is 2.87. The number of aryl methyl sites for hydroxylation is 1. The van der Waals surface area contributed by atoms with Crippen molar-refractivity contribution < 1.29 is 4.39 Å². The molecule has 2 aromatic rings. The fourth-order valence-corrected chi connectivity index (χ4v) is 2.19. The Labute approximate surface area is 118 Å². The summed E-state index contributed by atoms with van der Waals surface area (Å²) in [5.41, 5.74) is 1.47. The molecule has 0 N–H and O–H groups in total. The number of hydrogen-bond acceptors (Lipinski definition) is 2. The summed E-state index contributed by atoms with van der Waals surface area (Å²) in [6, 6.07) is 6.17. The maximum atomic E-state index is 13.2. The van der Waals surface area contributed by atoms with Crippen LogP contribution < -0.4 is 0 Å². The van der Waals surface area contributed by atoms with Crippen LogP contribution in [-0.2, 0) is 6.42 Å². The van der Waals surface area contributed by atoms with Crippen LogP contribution in [-0.4, -0.2) is 9.97 Å². The van der Waals surface area contributed by atoms with Gasteiger partial charge in [0.15, 0.2) is 5.82 Å². The van der Waals surface area contributed by atoms with E-state index in [1.807, 2.05) is 0 Å². The Morgan fingerprint density at radius 2 is 2.11 bits per heavy atom. The summed E-state index contributed by atoms with van der Waals surface area (Å²) in [6.07, 6.45) is 1.75. The molecule has 0 radical (unpaired) electrons. The average molecular weight is 330 g/mol. The minimum atomic E-state index is -0.313. The molecule has 0 aliphatic rings. The van der Waals surface area contributed by atoms with Gasteiger partial charge in [-0.05, 0) is 34.5 Å². The number of benzene rings is 1. The van der Waals surface area contributed by atoms with Crippen molar-refractivity contribution in [2.45, 2.75) is 19.8 Å². The molecule has 0 bridgehead atoms. The first-order valence-electron chi connectivity index (χ1n) is 5.59. The Kier molecular flexibility index (Phi) is 4.30. The number of halogens is 3. The van der Waals surface area contributed by atoms with Crippen LogP contribution >= 0.6 is 27.5 Å². The zero-order chi connectivity index (χ0) is 13.1. The second kappa shape index (κ2) is 5.76. The van der Waals surface area contributed by atoms with E-state index in [0.29, 0.717) is 21.0 Å². The van der Waals surface area contributed by atoms with Gasteiger partial charge in [0.1, 0.15) is 11.0 Å². The highest BCUT2D eigenvalue weighted by Gasteiger charge is 2.11. The fourth-order valence-electron chi connectivity index (χ4n) is 1.62. The molecular weight excluding hydrogens is 319 g/mol. The van der Waals surface area contributed by atoms with Crippen molar-refractivity contribution >= 4 is 27.5 Å². The summed E-state index contributed by atoms with van der Waals surface area (Å²) in [5.74, 6) is 0.137. The first-order chi connectivity index (χ1) is 8.61. The molecule has 18 heavy (non-hydrogen) atoms. The Morgan fingerprint density at radius 1 is 1.33 bits per heavy atom. The smallest absolute Gasteiger partial charge is 0.161 e. The van der Waals surface area contributed by atoms with Crippen molar-refractivity contribution in [2.24, 2.45) is 0 Å². The maximum Gasteiger partial charge on any atom is 0.161 e. The van der Waals surface area contributed by atoms with Crippen molar-refractivity contribution in [3.05, 3.63) is 45.4 Å². The maximum absolute atomic E-state index is 13.2. The molecule has 1 aromatic heterocycles. The molecule has 0 unspecified atom stereocenters. The minimum Gasteiger partial charge on any atom is -0.232 e. The first-order valence-corrected chi connectivity index (χ1v) is 6.76. The third-order valence-electron chi connectivity index (χ3n) is 2.45. The predicted octanol–water partition coefficient (Wildman–Crippen LogP) is 4.65. The Morgan fingerprint density at radius 3 is 2.78 bits per heavy atom. The molecule has 5 heteroatoms. The van der Waals surface area contributed by atoms with Gasteiger partial charge in [-0.25, -0.2) is 14.4 Å². The second-order valence-corrected chi connectivity index (χ2v) is 5.01. The SMILES string of the molecule is CCCc1nc(-c2cccc(F)c2)nc(Cl)c1Br. The number of aromatic nitrogens is 2. The number of hydrogen-bond donors (Lipinski definition) is 0. The van der Waals surface area contributed by atoms with Crippen LogP contribution in [0, 0.1) is 5.82 Å². The van der Waals surface area contributed by atoms with Crippen molar-refractivity contribution in [1.82, 2.24) is 9.97 Å². The molecule has 2 nitrogen and oxygen atoms in total. The lowest BCUT2D eigenvalue weighted by Crippen LogP contribution is -1.98. The molecule has 1 heterocycles. The van der Waals surface area contributed by atoms with E-state index in [-0.39, 0.29) is 5.82 Å². The standard InChI is InChI=1S/C13H11BrClFN2/c1-2-4-10-11(14)12(15)18-13(17-10)8-5-3-6-9(16)7-8/h3,5-7H,2,4H2,1H3. The molecule has 0 aliphatic heterocycles. The van der Waals surface area contributed by atoms with Crippen molar-refractivity contribution in [1.29, 1.82) is 0 Å². The summed E-state index contributed by atoms with van der Waals surface area (Å²) < 4.78 is 13.9. The highest BCUT2D eigenvalue weighted by Crippen LogP contribution is 2.27. The zero-order valence-electron chi connectivity index (χ0n) is 9.75. The van der Waals surface area contributed by atoms with E-state index < -0.39 is 0 Å². The molecule has 0 spiro atoms. The van der Waals surface area contributed by atoms with Crippen LogP contribution in [0.2, 0.25) is 5.15 Å². The normalized spacial score (nSPS) is 10.7. The monoisotopic (exact) mass is 328 g/mol. The van der Waals surface area contributed by atoms with Gasteiger partial charge in [-0.2, -0.15) is 0 Å². The topological polar surface area (TPSA) is 25.8 Å². The van der Waals surface area contributed by atoms with E-state index >= 15 is 0 Å². The Hall–Kier alpha value is -1.00. The molecule has 2 rings (SSSR count). The zero-order valence-corrected chi connectivity index (χ0v) is 12.1. The highest BCUT2D eigenvalue weighted by atomic mass is 79.9. The highest BCUT2D eigenvalue weighted by molar-refractivity contribution is 9.10. The van der Waals surface area contributed by atoms with Crippen LogP contribution in [0.5, 0.6) is 0 Å². The van der Waals surface area contributed by atoms with Gasteiger partial charge in [-0.3, -0.25) is 0 Å². The van der Waals surface area contributed by atoms with E-state index in [2.05, 4.69) is 32.8 Å². The van der Waals surface area contributed by atoms with Crippen LogP contribution in [0.25, 0.3) is 11.4 Å². The van der Waals surface area contributed by atoms with E-state index in [4.69, 9.17) is 11.6 Å². The van der Waals surface area contributed by atoms with Crippen molar-refractivity contribution in [3.63, 3.8) is 0 Å². The quantitative estimate of drug-likeness (QED) is 0.766. The summed E-state index contributed by atoms with van der Waals surface area (Å²) in [6.45, 7) is 2.06. The van der Waals surface area contributed by atoms with Gasteiger partial charge in [0, 0.05) is 5.56 Å². The van der Waals surface area contributed by atoms with E-state index in [1.165, 1.54) is 12.1 Å². The largest absolute Gasteiger partial charge is 0.232 e. The van der Waals surface area contributed by atoms with Crippen molar-refractivity contribution in [2.75, 3.05) is 0 Å². The van der Waals surface area contributed by atoms with Crippen LogP contribution in [0.4, 0.5) is 4.39 Å². The van der Waals surface area contributed by atoms with Gasteiger partial charge in [0.05, 0.1) is 10.2 Å². The van der Waals surface area contributed by atoms with Gasteiger partial charge < -0.3 is 0 Å². The van der Waals surface area contributed by atoms with E-state index in [1.54, 1.807) is 12.1 Å². The fraction of sp³-hybridized carbons (Fsp3) is 0.231. The summed E-state index contributed by atoms with van der Waals surface area (Å²) in [7, 11) is 0. The lowest BCUT2D eigenvalue weighted by Gasteiger charge is -2.07. The molecule has 0 fully saturated rings. The molecule has 0 aliphatic carbocycles. The molecule has 0 atom stereocenters. The second-order valence-electron chi connectivity index (χ2n) is 3.86. The summed E-state index contributed by atoms with van der Waals surface area (Å²) in [4.78, 5) is 8.59. The lowest BCUT2D eigenvalue weighted by atomic mass is 10.2. The first kappa shape index (κ1) is 13.4. The van der Waals surface area contributed by atoms with Crippen LogP contribution in [0.3, 0.4) is 0 Å². The summed E-state index contributed by atoms with van der Waals surface area (Å²) in [5, 5.41) is 0.354. The molecule has 0 saturated carbocycles. The predicted molar refractivity (Wildman–Crippen MR) is 74.1 cm³/mol. The summed E-state index contributed by atoms with van der Waals surface area (Å²) >= 11 is 9.42. The average Bonchev–Trinajstić information content (AvgIpc) is 2.35. The molecule has 0 saturated heterocycles. The van der Waals surface area contributed by atoms with Gasteiger partial charge in [-0.15, -0.1) is 0 Å². The Bertz CT molecular complexity index is 575. The van der Waals surface area contributed by atoms with Crippen LogP contribution in [0.1, 0.15) is 19.0 Å². The molecule has 0 amide bonds. The lowest BCUT2D eigenvalue weighted by molar-refractivity contribution is 0.628. The third-order valence-corrected chi connectivity index (χ3v) is 3.78. The molecular formula is C13H11BrClFN2. The molecule has 1 aromatic carbocycles. The molecule has 94 valence electrons. The van der Waals surface area contributed by atoms with Crippen LogP contribution in [0.15, 0.2) is 28.7 Å². The van der Waals surface area contributed by atoms with Gasteiger partial charge in [-0.1, -0.05) is 37.1 Å². The van der Waals surface area contributed by atoms with E-state index in [9.17, 15) is 4.39 Å². The van der Waals surface area contributed by atoms with E-state index in [0.717, 1.165) is 18.5 Å².